The smallest absolute Gasteiger partial charge is 0.280 e. The van der Waals surface area contributed by atoms with Crippen LogP contribution in [0.5, 0.6) is 0 Å². The van der Waals surface area contributed by atoms with E-state index in [1.807, 2.05) is 24.3 Å². The largest absolute Gasteiger partial charge is 0.560 e. The van der Waals surface area contributed by atoms with Gasteiger partial charge in [-0.3, -0.25) is 25.8 Å². The van der Waals surface area contributed by atoms with E-state index in [1.165, 1.54) is 0 Å². The normalized spacial score (nSPS) is 7.10. The van der Waals surface area contributed by atoms with Crippen LogP contribution in [0.15, 0.2) is 28.7 Å². The van der Waals surface area contributed by atoms with Gasteiger partial charge >= 0.3 is 16.0 Å². The van der Waals surface area contributed by atoms with Crippen LogP contribution in [-0.4, -0.2) is 16.0 Å². The molecule has 1 aromatic carbocycles. The molecule has 1 aromatic rings. The van der Waals surface area contributed by atoms with Gasteiger partial charge in [0.25, 0.3) is 0 Å². The fraction of sp³-hybridized carbons (Fsp3) is 0. The van der Waals surface area contributed by atoms with E-state index < -0.39 is 0 Å². The number of rotatable bonds is 0. The van der Waals surface area contributed by atoms with Crippen molar-refractivity contribution in [3.8, 4) is 0 Å². The average molecular weight is 340 g/mol. The molecule has 0 nitrogen and oxygen atoms in total. The molecule has 0 fully saturated rings. The van der Waals surface area contributed by atoms with Crippen molar-refractivity contribution in [1.82, 2.24) is 0 Å². The molecule has 0 aliphatic heterocycles. The lowest BCUT2D eigenvalue weighted by molar-refractivity contribution is 1.64. The van der Waals surface area contributed by atoms with Crippen LogP contribution in [0.4, 0.5) is 0 Å². The van der Waals surface area contributed by atoms with Crippen LogP contribution in [0.2, 0.25) is 0 Å². The van der Waals surface area contributed by atoms with Crippen LogP contribution in [0.1, 0.15) is 0 Å². The average Bonchev–Trinajstić information content (AvgIpc) is 1.91. The summed E-state index contributed by atoms with van der Waals surface area (Å²) in [5.41, 5.74) is 0. The molecular formula is C6H4Br3Mg. The van der Waals surface area contributed by atoms with Crippen molar-refractivity contribution in [1.29, 1.82) is 0 Å². The quantitative estimate of drug-likeness (QED) is 0.634. The van der Waals surface area contributed by atoms with Crippen molar-refractivity contribution in [3.63, 3.8) is 0 Å². The second-order valence-electron chi connectivity index (χ2n) is 1.31. The molecule has 0 atom stereocenters. The van der Waals surface area contributed by atoms with Gasteiger partial charge in [0.2, 0.25) is 0 Å². The second kappa shape index (κ2) is 8.52. The van der Waals surface area contributed by atoms with Gasteiger partial charge in [0.05, 0.1) is 0 Å². The van der Waals surface area contributed by atoms with Crippen LogP contribution in [0, 0.1) is 6.07 Å². The first-order chi connectivity index (χ1) is 4.81. The highest BCUT2D eigenvalue weighted by molar-refractivity contribution is 9.47. The summed E-state index contributed by atoms with van der Waals surface area (Å²) in [5, 5.41) is 0. The van der Waals surface area contributed by atoms with Crippen molar-refractivity contribution in [3.05, 3.63) is 34.8 Å². The van der Waals surface area contributed by atoms with Gasteiger partial charge in [-0.2, -0.15) is 0 Å². The topological polar surface area (TPSA) is 0 Å². The van der Waals surface area contributed by atoms with Crippen molar-refractivity contribution in [2.24, 2.45) is 0 Å². The van der Waals surface area contributed by atoms with Gasteiger partial charge in [-0.15, -0.1) is 0 Å². The third kappa shape index (κ3) is 7.53. The molecule has 10 heavy (non-hydrogen) atoms. The summed E-state index contributed by atoms with van der Waals surface area (Å²) in [6, 6.07) is 10.7. The Kier molecular flexibility index (Phi) is 9.74. The Labute approximate surface area is 91.4 Å². The second-order valence-corrected chi connectivity index (χ2v) is 10.2. The minimum Gasteiger partial charge on any atom is -0.280 e. The summed E-state index contributed by atoms with van der Waals surface area (Å²) in [4.78, 5) is 0. The molecule has 0 aliphatic carbocycles. The Morgan fingerprint density at radius 1 is 1.30 bits per heavy atom. The Balaban J connectivity index is 0.000000236. The number of benzene rings is 1. The van der Waals surface area contributed by atoms with Gasteiger partial charge in [-0.1, -0.05) is 34.1 Å². The number of hydrogen-bond acceptors (Lipinski definition) is 0. The Morgan fingerprint density at radius 3 is 2.10 bits per heavy atom. The van der Waals surface area contributed by atoms with Crippen molar-refractivity contribution in [2.45, 2.75) is 0 Å². The molecule has 0 aliphatic rings. The predicted molar refractivity (Wildman–Crippen MR) is 56.6 cm³/mol. The van der Waals surface area contributed by atoms with Crippen molar-refractivity contribution >= 4 is 57.7 Å². The Morgan fingerprint density at radius 2 is 1.90 bits per heavy atom. The van der Waals surface area contributed by atoms with Gasteiger partial charge in [0.1, 0.15) is 0 Å². The van der Waals surface area contributed by atoms with Crippen molar-refractivity contribution in [2.75, 3.05) is 0 Å². The van der Waals surface area contributed by atoms with E-state index in [4.69, 9.17) is 0 Å². The van der Waals surface area contributed by atoms with Gasteiger partial charge < -0.3 is 0 Å². The first kappa shape index (κ1) is 11.4. The van der Waals surface area contributed by atoms with Crippen molar-refractivity contribution < 1.29 is 0 Å². The van der Waals surface area contributed by atoms with Gasteiger partial charge in [-0.05, 0) is 12.1 Å². The molecule has 0 amide bonds. The van der Waals surface area contributed by atoms with Crippen LogP contribution < -0.4 is 0 Å². The molecule has 0 unspecified atom stereocenters. The van der Waals surface area contributed by atoms with Gasteiger partial charge in [0.15, 0.2) is 0 Å². The SMILES string of the molecule is Brc1[c]cccc1.[Br][Mg][Br]. The van der Waals surface area contributed by atoms with E-state index in [0.29, 0.717) is 0 Å². The van der Waals surface area contributed by atoms with Crippen LogP contribution >= 0.6 is 41.7 Å². The van der Waals surface area contributed by atoms with E-state index in [2.05, 4.69) is 47.8 Å². The lowest BCUT2D eigenvalue weighted by atomic mass is 10.4. The first-order valence-electron chi connectivity index (χ1n) is 2.55. The van der Waals surface area contributed by atoms with Crippen LogP contribution in [-0.2, 0) is 0 Å². The van der Waals surface area contributed by atoms with Crippen LogP contribution in [0.25, 0.3) is 0 Å². The van der Waals surface area contributed by atoms with E-state index in [1.54, 1.807) is 0 Å². The maximum absolute atomic E-state index is 3.26. The maximum Gasteiger partial charge on any atom is 0.560 e. The number of hydrogen-bond donors (Lipinski definition) is 0. The zero-order valence-electron chi connectivity index (χ0n) is 5.15. The zero-order valence-corrected chi connectivity index (χ0v) is 11.3. The van der Waals surface area contributed by atoms with Gasteiger partial charge in [-0.25, -0.2) is 0 Å². The third-order valence-electron chi connectivity index (χ3n) is 0.671. The molecule has 1 rings (SSSR count). The molecule has 1 radical (unpaired) electrons. The van der Waals surface area contributed by atoms with E-state index >= 15 is 0 Å². The van der Waals surface area contributed by atoms with E-state index in [9.17, 15) is 0 Å². The molecule has 0 N–H and O–H groups in total. The highest BCUT2D eigenvalue weighted by atomic mass is 79.9. The summed E-state index contributed by atoms with van der Waals surface area (Å²) in [5.74, 6) is 0. The fourth-order valence-corrected chi connectivity index (χ4v) is 0.656. The van der Waals surface area contributed by atoms with E-state index in [-0.39, 0.29) is 16.0 Å². The summed E-state index contributed by atoms with van der Waals surface area (Å²) in [6.07, 6.45) is 0. The number of halogens is 3. The summed E-state index contributed by atoms with van der Waals surface area (Å²) < 4.78 is 1.01. The van der Waals surface area contributed by atoms with Gasteiger partial charge in [0, 0.05) is 4.47 Å². The lowest BCUT2D eigenvalue weighted by Crippen LogP contribution is -1.57. The molecule has 0 heterocycles. The predicted octanol–water partition coefficient (Wildman–Crippen LogP) is 3.56. The molecule has 0 aromatic heterocycles. The van der Waals surface area contributed by atoms with Crippen LogP contribution in [0.3, 0.4) is 0 Å². The molecule has 4 heteroatoms. The first-order valence-corrected chi connectivity index (χ1v) is 11.1. The molecule has 0 saturated heterocycles. The lowest BCUT2D eigenvalue weighted by Gasteiger charge is -1.79. The molecule has 0 saturated carbocycles. The summed E-state index contributed by atoms with van der Waals surface area (Å²) in [7, 11) is 0. The molecule has 0 bridgehead atoms. The maximum atomic E-state index is 3.26. The third-order valence-corrected chi connectivity index (χ3v) is 1.16. The Bertz CT molecular complexity index is 154. The summed E-state index contributed by atoms with van der Waals surface area (Å²) in [6.45, 7) is 0. The minimum absolute atomic E-state index is 0.0417. The minimum atomic E-state index is 0.0417. The molecule has 0 spiro atoms. The molecule has 51 valence electrons. The Hall–Kier alpha value is 1.43. The molecular weight excluding hydrogens is 336 g/mol. The fourth-order valence-electron chi connectivity index (χ4n) is 0.371. The standard InChI is InChI=1S/C6H4Br.2BrH.Mg/c7-6-4-2-1-3-5-6;;;/h1-4H;2*1H;/q;;;+2/p-2. The summed E-state index contributed by atoms with van der Waals surface area (Å²) >= 11 is 9.70. The van der Waals surface area contributed by atoms with E-state index in [0.717, 1.165) is 4.47 Å². The highest BCUT2D eigenvalue weighted by Crippen LogP contribution is 2.04. The highest BCUT2D eigenvalue weighted by Gasteiger charge is 1.75. The zero-order chi connectivity index (χ0) is 7.82. The monoisotopic (exact) mass is 337 g/mol.